The van der Waals surface area contributed by atoms with Gasteiger partial charge in [-0.05, 0) is 13.0 Å². The van der Waals surface area contributed by atoms with Gasteiger partial charge in [0.2, 0.25) is 5.91 Å². The Morgan fingerprint density at radius 3 is 2.40 bits per heavy atom. The van der Waals surface area contributed by atoms with Crippen LogP contribution in [0.1, 0.15) is 11.3 Å². The van der Waals surface area contributed by atoms with E-state index < -0.39 is 29.4 Å². The Balaban J connectivity index is 2.16. The van der Waals surface area contributed by atoms with Crippen molar-refractivity contribution in [1.29, 1.82) is 0 Å². The van der Waals surface area contributed by atoms with Crippen LogP contribution in [0, 0.1) is 6.92 Å². The van der Waals surface area contributed by atoms with Crippen LogP contribution in [0.2, 0.25) is 0 Å². The number of nitrogens with zero attached hydrogens (tertiary/aromatic N) is 1. The second-order valence-corrected chi connectivity index (χ2v) is 4.66. The van der Waals surface area contributed by atoms with Crippen molar-refractivity contribution in [3.63, 3.8) is 0 Å². The topological polar surface area (TPSA) is 126 Å². The molecule has 2 heterocycles. The molecule has 1 aliphatic rings. The molecule has 0 saturated carbocycles. The highest BCUT2D eigenvalue weighted by molar-refractivity contribution is 5.92. The van der Waals surface area contributed by atoms with Crippen molar-refractivity contribution in [3.8, 4) is 0 Å². The largest absolute Gasteiger partial charge is 0.388 e. The van der Waals surface area contributed by atoms with Crippen molar-refractivity contribution >= 4 is 12.0 Å². The Bertz CT molecular complexity index is 650. The first-order valence-corrected chi connectivity index (χ1v) is 6.05. The number of nitrogens with one attached hydrogen (secondary N) is 2. The third kappa shape index (κ3) is 2.86. The third-order valence-corrected chi connectivity index (χ3v) is 3.14. The summed E-state index contributed by atoms with van der Waals surface area (Å²) in [6, 6.07) is 0. The Kier molecular flexibility index (Phi) is 3.86. The second-order valence-electron chi connectivity index (χ2n) is 4.66. The zero-order valence-electron chi connectivity index (χ0n) is 10.8. The number of hydrogen-bond acceptors (Lipinski definition) is 5. The molecule has 2 atom stereocenters. The average molecular weight is 281 g/mol. The van der Waals surface area contributed by atoms with E-state index in [0.717, 1.165) is 0 Å². The molecular weight excluding hydrogens is 266 g/mol. The minimum Gasteiger partial charge on any atom is -0.388 e. The van der Waals surface area contributed by atoms with Crippen molar-refractivity contribution in [2.45, 2.75) is 19.1 Å². The molecule has 0 unspecified atom stereocenters. The van der Waals surface area contributed by atoms with E-state index in [1.807, 2.05) is 0 Å². The molecule has 1 fully saturated rings. The maximum atomic E-state index is 11.8. The van der Waals surface area contributed by atoms with Gasteiger partial charge < -0.3 is 20.1 Å². The predicted molar refractivity (Wildman–Crippen MR) is 70.0 cm³/mol. The van der Waals surface area contributed by atoms with Crippen molar-refractivity contribution < 1.29 is 15.0 Å². The molecule has 0 radical (unpaired) electrons. The molecule has 0 bridgehead atoms. The molecule has 108 valence electrons. The van der Waals surface area contributed by atoms with Gasteiger partial charge in [0.25, 0.3) is 5.56 Å². The van der Waals surface area contributed by atoms with Crippen LogP contribution in [0.5, 0.6) is 0 Å². The maximum absolute atomic E-state index is 11.8. The molecule has 1 saturated heterocycles. The van der Waals surface area contributed by atoms with Gasteiger partial charge in [0.05, 0.1) is 17.8 Å². The summed E-state index contributed by atoms with van der Waals surface area (Å²) < 4.78 is 0. The van der Waals surface area contributed by atoms with Crippen molar-refractivity contribution in [1.82, 2.24) is 14.9 Å². The van der Waals surface area contributed by atoms with E-state index in [0.29, 0.717) is 5.69 Å². The summed E-state index contributed by atoms with van der Waals surface area (Å²) in [5.41, 5.74) is -0.666. The molecule has 0 spiro atoms. The standard InChI is InChI=1S/C12H15N3O5/c1-6-7(11(19)14-12(20)13-6)2-3-10(18)15-4-8(16)9(17)5-15/h2-3,8-9,16-17H,4-5H2,1H3,(H2,13,14,19,20)/b3-2+/t8-,9+. The molecule has 1 aromatic heterocycles. The van der Waals surface area contributed by atoms with E-state index in [1.165, 1.54) is 17.1 Å². The van der Waals surface area contributed by atoms with Crippen LogP contribution in [-0.4, -0.2) is 56.3 Å². The van der Waals surface area contributed by atoms with Crippen LogP contribution in [-0.2, 0) is 4.79 Å². The Morgan fingerprint density at radius 2 is 1.85 bits per heavy atom. The summed E-state index contributed by atoms with van der Waals surface area (Å²) in [7, 11) is 0. The fourth-order valence-corrected chi connectivity index (χ4v) is 2.02. The molecule has 20 heavy (non-hydrogen) atoms. The normalized spacial score (nSPS) is 22.6. The quantitative estimate of drug-likeness (QED) is 0.464. The molecule has 0 aliphatic carbocycles. The minimum atomic E-state index is -0.953. The number of β-amino-alcohol motifs (C(OH)–C–C–N with tert-alkyl or cyclic N) is 2. The lowest BCUT2D eigenvalue weighted by molar-refractivity contribution is -0.125. The number of amides is 1. The van der Waals surface area contributed by atoms with Crippen molar-refractivity contribution in [3.05, 3.63) is 38.2 Å². The van der Waals surface area contributed by atoms with E-state index >= 15 is 0 Å². The van der Waals surface area contributed by atoms with Crippen molar-refractivity contribution in [2.75, 3.05) is 13.1 Å². The molecule has 8 heteroatoms. The number of rotatable bonds is 2. The van der Waals surface area contributed by atoms with Gasteiger partial charge in [-0.2, -0.15) is 0 Å². The lowest BCUT2D eigenvalue weighted by atomic mass is 10.2. The van der Waals surface area contributed by atoms with Gasteiger partial charge >= 0.3 is 5.69 Å². The van der Waals surface area contributed by atoms with Gasteiger partial charge in [-0.15, -0.1) is 0 Å². The van der Waals surface area contributed by atoms with Gasteiger partial charge in [-0.1, -0.05) is 0 Å². The highest BCUT2D eigenvalue weighted by Gasteiger charge is 2.31. The summed E-state index contributed by atoms with van der Waals surface area (Å²) in [6.45, 7) is 1.64. The van der Waals surface area contributed by atoms with Crippen LogP contribution < -0.4 is 11.2 Å². The van der Waals surface area contributed by atoms with Gasteiger partial charge in [0.1, 0.15) is 0 Å². The first kappa shape index (κ1) is 14.2. The summed E-state index contributed by atoms with van der Waals surface area (Å²) in [4.78, 5) is 40.2. The van der Waals surface area contributed by atoms with E-state index in [2.05, 4.69) is 9.97 Å². The number of H-pyrrole nitrogens is 2. The molecular formula is C12H15N3O5. The first-order valence-electron chi connectivity index (χ1n) is 6.05. The summed E-state index contributed by atoms with van der Waals surface area (Å²) in [5, 5.41) is 18.7. The number of carbonyl (C=O) groups excluding carboxylic acids is 1. The van der Waals surface area contributed by atoms with Crippen LogP contribution in [0.25, 0.3) is 6.08 Å². The second kappa shape index (κ2) is 5.43. The molecule has 4 N–H and O–H groups in total. The minimum absolute atomic E-state index is 0.0469. The van der Waals surface area contributed by atoms with Gasteiger partial charge in [0.15, 0.2) is 0 Å². The SMILES string of the molecule is Cc1[nH]c(=O)[nH]c(=O)c1/C=C/C(=O)N1C[C@@H](O)[C@@H](O)C1. The molecule has 1 aliphatic heterocycles. The number of carbonyl (C=O) groups is 1. The third-order valence-electron chi connectivity index (χ3n) is 3.14. The molecule has 0 aromatic carbocycles. The van der Waals surface area contributed by atoms with Gasteiger partial charge in [-0.3, -0.25) is 14.6 Å². The van der Waals surface area contributed by atoms with E-state index in [1.54, 1.807) is 6.92 Å². The molecule has 8 nitrogen and oxygen atoms in total. The highest BCUT2D eigenvalue weighted by Crippen LogP contribution is 2.11. The molecule has 2 rings (SSSR count). The fraction of sp³-hybridized carbons (Fsp3) is 0.417. The highest BCUT2D eigenvalue weighted by atomic mass is 16.3. The Hall–Kier alpha value is -2.19. The summed E-state index contributed by atoms with van der Waals surface area (Å²) in [6.07, 6.45) is 0.556. The fourth-order valence-electron chi connectivity index (χ4n) is 2.02. The zero-order chi connectivity index (χ0) is 14.9. The number of hydrogen-bond donors (Lipinski definition) is 4. The maximum Gasteiger partial charge on any atom is 0.325 e. The van der Waals surface area contributed by atoms with Crippen LogP contribution in [0.3, 0.4) is 0 Å². The Labute approximate surface area is 113 Å². The van der Waals surface area contributed by atoms with E-state index in [4.69, 9.17) is 0 Å². The average Bonchev–Trinajstić information content (AvgIpc) is 2.68. The van der Waals surface area contributed by atoms with E-state index in [9.17, 15) is 24.6 Å². The van der Waals surface area contributed by atoms with E-state index in [-0.39, 0.29) is 18.7 Å². The van der Waals surface area contributed by atoms with Crippen molar-refractivity contribution in [2.24, 2.45) is 0 Å². The number of aryl methyl sites for hydroxylation is 1. The number of likely N-dealkylation sites (tertiary alicyclic amines) is 1. The predicted octanol–water partition coefficient (Wildman–Crippen LogP) is -2.05. The smallest absolute Gasteiger partial charge is 0.325 e. The van der Waals surface area contributed by atoms with Crippen LogP contribution in [0.4, 0.5) is 0 Å². The molecule has 1 amide bonds. The number of aliphatic hydroxyl groups excluding tert-OH is 2. The van der Waals surface area contributed by atoms with Gasteiger partial charge in [-0.25, -0.2) is 4.79 Å². The first-order chi connectivity index (χ1) is 9.38. The van der Waals surface area contributed by atoms with Crippen LogP contribution in [0.15, 0.2) is 15.7 Å². The summed E-state index contributed by atoms with van der Waals surface area (Å²) in [5.74, 6) is -0.425. The number of aromatic amines is 2. The number of aliphatic hydroxyl groups is 2. The zero-order valence-corrected chi connectivity index (χ0v) is 10.8. The lowest BCUT2D eigenvalue weighted by Crippen LogP contribution is -2.28. The Morgan fingerprint density at radius 1 is 1.25 bits per heavy atom. The molecule has 1 aromatic rings. The lowest BCUT2D eigenvalue weighted by Gasteiger charge is -2.12. The monoisotopic (exact) mass is 281 g/mol. The van der Waals surface area contributed by atoms with Gasteiger partial charge in [0, 0.05) is 24.9 Å². The van der Waals surface area contributed by atoms with Crippen LogP contribution >= 0.6 is 0 Å². The summed E-state index contributed by atoms with van der Waals surface area (Å²) >= 11 is 0. The number of aromatic nitrogens is 2.